The largest absolute Gasteiger partial charge is 0.268 e. The van der Waals surface area contributed by atoms with E-state index in [-0.39, 0.29) is 0 Å². The van der Waals surface area contributed by atoms with Crippen LogP contribution in [-0.4, -0.2) is 24.6 Å². The monoisotopic (exact) mass is 284 g/mol. The fourth-order valence-electron chi connectivity index (χ4n) is 1.78. The number of aryl methyl sites for hydroxylation is 1. The third kappa shape index (κ3) is 4.02. The standard InChI is InChI=1S/C13H20N2O3S/c1-4-6-10(3)19(17,18)15-13(16)12-7-8-14-9-11(12)5-2/h7-10H,4-6H2,1-3H3,(H,15,16)/t10-/m1/s1. The van der Waals surface area contributed by atoms with Gasteiger partial charge in [0.15, 0.2) is 0 Å². The van der Waals surface area contributed by atoms with Crippen LogP contribution in [0.25, 0.3) is 0 Å². The minimum atomic E-state index is -3.61. The molecule has 106 valence electrons. The third-order valence-corrected chi connectivity index (χ3v) is 4.75. The molecule has 1 atom stereocenters. The van der Waals surface area contributed by atoms with E-state index in [0.29, 0.717) is 18.4 Å². The first-order valence-electron chi connectivity index (χ1n) is 6.41. The topological polar surface area (TPSA) is 76.1 Å². The molecule has 0 aliphatic carbocycles. The molecule has 0 saturated carbocycles. The summed E-state index contributed by atoms with van der Waals surface area (Å²) in [6.07, 6.45) is 4.97. The maximum atomic E-state index is 12.0. The van der Waals surface area contributed by atoms with Crippen molar-refractivity contribution in [3.63, 3.8) is 0 Å². The second-order valence-electron chi connectivity index (χ2n) is 4.46. The summed E-state index contributed by atoms with van der Waals surface area (Å²) in [5, 5.41) is -0.576. The summed E-state index contributed by atoms with van der Waals surface area (Å²) in [4.78, 5) is 16.0. The smallest absolute Gasteiger partial charge is 0.265 e. The van der Waals surface area contributed by atoms with E-state index in [0.717, 1.165) is 12.0 Å². The van der Waals surface area contributed by atoms with Crippen LogP contribution in [0.5, 0.6) is 0 Å². The molecule has 1 aromatic rings. The number of amides is 1. The fraction of sp³-hybridized carbons (Fsp3) is 0.538. The number of nitrogens with one attached hydrogen (secondary N) is 1. The first-order valence-corrected chi connectivity index (χ1v) is 7.95. The highest BCUT2D eigenvalue weighted by Gasteiger charge is 2.23. The molecule has 0 fully saturated rings. The number of sulfonamides is 1. The fourth-order valence-corrected chi connectivity index (χ4v) is 2.89. The van der Waals surface area contributed by atoms with Crippen LogP contribution in [0.2, 0.25) is 0 Å². The quantitative estimate of drug-likeness (QED) is 0.865. The Balaban J connectivity index is 2.91. The SMILES string of the molecule is CCC[C@@H](C)S(=O)(=O)NC(=O)c1ccncc1CC. The number of hydrogen-bond acceptors (Lipinski definition) is 4. The van der Waals surface area contributed by atoms with E-state index in [1.54, 1.807) is 13.1 Å². The lowest BCUT2D eigenvalue weighted by Crippen LogP contribution is -2.37. The van der Waals surface area contributed by atoms with Gasteiger partial charge >= 0.3 is 0 Å². The Morgan fingerprint density at radius 2 is 2.11 bits per heavy atom. The Morgan fingerprint density at radius 3 is 2.68 bits per heavy atom. The Labute approximate surface area is 114 Å². The summed E-state index contributed by atoms with van der Waals surface area (Å²) < 4.78 is 26.0. The van der Waals surface area contributed by atoms with E-state index in [1.165, 1.54) is 12.3 Å². The summed E-state index contributed by atoms with van der Waals surface area (Å²) in [6, 6.07) is 1.54. The summed E-state index contributed by atoms with van der Waals surface area (Å²) in [5.74, 6) is -0.581. The number of nitrogens with zero attached hydrogens (tertiary/aromatic N) is 1. The molecule has 0 radical (unpaired) electrons. The van der Waals surface area contributed by atoms with Crippen LogP contribution in [0.1, 0.15) is 49.5 Å². The van der Waals surface area contributed by atoms with Gasteiger partial charge < -0.3 is 0 Å². The maximum absolute atomic E-state index is 12.0. The highest BCUT2D eigenvalue weighted by Crippen LogP contribution is 2.11. The predicted molar refractivity (Wildman–Crippen MR) is 74.4 cm³/mol. The van der Waals surface area contributed by atoms with E-state index in [2.05, 4.69) is 9.71 Å². The van der Waals surface area contributed by atoms with Crippen LogP contribution < -0.4 is 4.72 Å². The Bertz CT molecular complexity index is 541. The highest BCUT2D eigenvalue weighted by molar-refractivity contribution is 7.90. The van der Waals surface area contributed by atoms with E-state index < -0.39 is 21.2 Å². The zero-order valence-corrected chi connectivity index (χ0v) is 12.3. The number of carbonyl (C=O) groups is 1. The van der Waals surface area contributed by atoms with Crippen LogP contribution in [0.15, 0.2) is 18.5 Å². The molecule has 0 aromatic carbocycles. The van der Waals surface area contributed by atoms with Gasteiger partial charge in [0.2, 0.25) is 10.0 Å². The molecule has 1 amide bonds. The first kappa shape index (κ1) is 15.6. The minimum Gasteiger partial charge on any atom is -0.268 e. The average Bonchev–Trinajstić information content (AvgIpc) is 2.38. The van der Waals surface area contributed by atoms with Crippen molar-refractivity contribution >= 4 is 15.9 Å². The van der Waals surface area contributed by atoms with Crippen molar-refractivity contribution in [2.75, 3.05) is 0 Å². The van der Waals surface area contributed by atoms with Crippen LogP contribution in [0.3, 0.4) is 0 Å². The van der Waals surface area contributed by atoms with E-state index in [4.69, 9.17) is 0 Å². The van der Waals surface area contributed by atoms with Gasteiger partial charge in [0.25, 0.3) is 5.91 Å². The number of carbonyl (C=O) groups excluding carboxylic acids is 1. The second-order valence-corrected chi connectivity index (χ2v) is 6.56. The molecule has 6 heteroatoms. The van der Waals surface area contributed by atoms with Crippen molar-refractivity contribution in [3.05, 3.63) is 29.6 Å². The van der Waals surface area contributed by atoms with E-state index >= 15 is 0 Å². The normalized spacial score (nSPS) is 13.0. The molecule has 1 aromatic heterocycles. The highest BCUT2D eigenvalue weighted by atomic mass is 32.2. The molecule has 0 aliphatic rings. The molecule has 0 saturated heterocycles. The van der Waals surface area contributed by atoms with Gasteiger partial charge in [0.05, 0.1) is 5.25 Å². The minimum absolute atomic E-state index is 0.366. The maximum Gasteiger partial charge on any atom is 0.265 e. The number of pyridine rings is 1. The first-order chi connectivity index (χ1) is 8.92. The van der Waals surface area contributed by atoms with Crippen molar-refractivity contribution in [1.82, 2.24) is 9.71 Å². The molecule has 0 unspecified atom stereocenters. The van der Waals surface area contributed by atoms with Crippen molar-refractivity contribution in [1.29, 1.82) is 0 Å². The zero-order valence-electron chi connectivity index (χ0n) is 11.5. The van der Waals surface area contributed by atoms with E-state index in [9.17, 15) is 13.2 Å². The van der Waals surface area contributed by atoms with Gasteiger partial charge in [-0.2, -0.15) is 0 Å². The van der Waals surface area contributed by atoms with Gasteiger partial charge in [-0.05, 0) is 31.4 Å². The van der Waals surface area contributed by atoms with Gasteiger partial charge in [-0.1, -0.05) is 20.3 Å². The molecule has 1 rings (SSSR count). The molecule has 0 aliphatic heterocycles. The van der Waals surface area contributed by atoms with Gasteiger partial charge in [0.1, 0.15) is 0 Å². The molecule has 5 nitrogen and oxygen atoms in total. The lowest BCUT2D eigenvalue weighted by atomic mass is 10.1. The predicted octanol–water partition coefficient (Wildman–Crippen LogP) is 1.89. The van der Waals surface area contributed by atoms with Crippen LogP contribution in [-0.2, 0) is 16.4 Å². The number of aromatic nitrogens is 1. The number of hydrogen-bond donors (Lipinski definition) is 1. The lowest BCUT2D eigenvalue weighted by Gasteiger charge is -2.14. The van der Waals surface area contributed by atoms with Crippen molar-refractivity contribution in [2.24, 2.45) is 0 Å². The molecule has 1 N–H and O–H groups in total. The molecular formula is C13H20N2O3S. The second kappa shape index (κ2) is 6.65. The molecule has 19 heavy (non-hydrogen) atoms. The summed E-state index contributed by atoms with van der Waals surface area (Å²) in [6.45, 7) is 5.40. The Morgan fingerprint density at radius 1 is 1.42 bits per heavy atom. The van der Waals surface area contributed by atoms with Crippen LogP contribution in [0, 0.1) is 0 Å². The van der Waals surface area contributed by atoms with Crippen molar-refractivity contribution in [3.8, 4) is 0 Å². The van der Waals surface area contributed by atoms with Gasteiger partial charge in [-0.3, -0.25) is 9.78 Å². The number of rotatable bonds is 6. The summed E-state index contributed by atoms with van der Waals surface area (Å²) >= 11 is 0. The molecule has 0 bridgehead atoms. The molecule has 1 heterocycles. The van der Waals surface area contributed by atoms with Gasteiger partial charge in [0, 0.05) is 18.0 Å². The lowest BCUT2D eigenvalue weighted by molar-refractivity contribution is 0.0980. The zero-order chi connectivity index (χ0) is 14.5. The van der Waals surface area contributed by atoms with Gasteiger partial charge in [-0.15, -0.1) is 0 Å². The van der Waals surface area contributed by atoms with Crippen molar-refractivity contribution in [2.45, 2.75) is 45.3 Å². The molecule has 0 spiro atoms. The summed E-state index contributed by atoms with van der Waals surface area (Å²) in [5.41, 5.74) is 1.10. The van der Waals surface area contributed by atoms with Crippen LogP contribution >= 0.6 is 0 Å². The average molecular weight is 284 g/mol. The Hall–Kier alpha value is -1.43. The van der Waals surface area contributed by atoms with Gasteiger partial charge in [-0.25, -0.2) is 13.1 Å². The summed E-state index contributed by atoms with van der Waals surface area (Å²) in [7, 11) is -3.61. The van der Waals surface area contributed by atoms with E-state index in [1.807, 2.05) is 13.8 Å². The van der Waals surface area contributed by atoms with Crippen LogP contribution in [0.4, 0.5) is 0 Å². The van der Waals surface area contributed by atoms with Crippen molar-refractivity contribution < 1.29 is 13.2 Å². The molecular weight excluding hydrogens is 264 g/mol. The Kier molecular flexibility index (Phi) is 5.47. The third-order valence-electron chi connectivity index (χ3n) is 2.99.